The monoisotopic (exact) mass is 215 g/mol. The molecule has 16 heavy (non-hydrogen) atoms. The molecule has 0 aliphatic heterocycles. The van der Waals surface area contributed by atoms with Crippen LogP contribution >= 0.6 is 0 Å². The number of anilines is 1. The zero-order valence-electron chi connectivity index (χ0n) is 8.72. The topological polar surface area (TPSA) is 66.5 Å². The van der Waals surface area contributed by atoms with Gasteiger partial charge in [-0.1, -0.05) is 24.3 Å². The summed E-state index contributed by atoms with van der Waals surface area (Å²) < 4.78 is 0. The molecule has 3 heteroatoms. The lowest BCUT2D eigenvalue weighted by molar-refractivity contribution is 0.474. The Morgan fingerprint density at radius 3 is 2.50 bits per heavy atom. The van der Waals surface area contributed by atoms with Crippen molar-refractivity contribution in [3.8, 4) is 11.5 Å². The number of phenols is 2. The van der Waals surface area contributed by atoms with Crippen molar-refractivity contribution in [3.05, 3.63) is 53.6 Å². The zero-order chi connectivity index (χ0) is 11.5. The SMILES string of the molecule is Nc1c(O)cccc1Cc1cccc(O)c1. The Kier molecular flexibility index (Phi) is 2.68. The van der Waals surface area contributed by atoms with Crippen molar-refractivity contribution in [2.24, 2.45) is 0 Å². The molecule has 0 fully saturated rings. The third-order valence-corrected chi connectivity index (χ3v) is 2.48. The predicted octanol–water partition coefficient (Wildman–Crippen LogP) is 2.27. The number of nitrogens with two attached hydrogens (primary N) is 1. The second kappa shape index (κ2) is 4.14. The number of para-hydroxylation sites is 1. The second-order valence-electron chi connectivity index (χ2n) is 3.70. The van der Waals surface area contributed by atoms with E-state index in [1.165, 1.54) is 0 Å². The smallest absolute Gasteiger partial charge is 0.138 e. The number of phenolic OH excluding ortho intramolecular Hbond substituents is 2. The Hall–Kier alpha value is -2.16. The van der Waals surface area contributed by atoms with Crippen LogP contribution in [-0.4, -0.2) is 10.2 Å². The van der Waals surface area contributed by atoms with E-state index < -0.39 is 0 Å². The Morgan fingerprint density at radius 2 is 1.75 bits per heavy atom. The third-order valence-electron chi connectivity index (χ3n) is 2.48. The van der Waals surface area contributed by atoms with E-state index in [2.05, 4.69) is 0 Å². The first-order valence-corrected chi connectivity index (χ1v) is 5.01. The Bertz CT molecular complexity index is 509. The summed E-state index contributed by atoms with van der Waals surface area (Å²) in [5, 5.41) is 18.8. The van der Waals surface area contributed by atoms with Crippen LogP contribution in [0.4, 0.5) is 5.69 Å². The van der Waals surface area contributed by atoms with Crippen molar-refractivity contribution in [1.82, 2.24) is 0 Å². The molecule has 0 atom stereocenters. The van der Waals surface area contributed by atoms with Gasteiger partial charge < -0.3 is 15.9 Å². The third kappa shape index (κ3) is 2.08. The quantitative estimate of drug-likeness (QED) is 0.531. The molecule has 0 spiro atoms. The molecule has 3 nitrogen and oxygen atoms in total. The number of nitrogen functional groups attached to an aromatic ring is 1. The molecule has 82 valence electrons. The molecule has 2 aromatic carbocycles. The highest BCUT2D eigenvalue weighted by atomic mass is 16.3. The highest BCUT2D eigenvalue weighted by Crippen LogP contribution is 2.26. The Balaban J connectivity index is 2.31. The van der Waals surface area contributed by atoms with Crippen LogP contribution < -0.4 is 5.73 Å². The van der Waals surface area contributed by atoms with Crippen molar-refractivity contribution in [1.29, 1.82) is 0 Å². The van der Waals surface area contributed by atoms with E-state index >= 15 is 0 Å². The van der Waals surface area contributed by atoms with Gasteiger partial charge in [-0.25, -0.2) is 0 Å². The van der Waals surface area contributed by atoms with Gasteiger partial charge in [0.2, 0.25) is 0 Å². The summed E-state index contributed by atoms with van der Waals surface area (Å²) in [6.45, 7) is 0. The van der Waals surface area contributed by atoms with Crippen LogP contribution in [0.15, 0.2) is 42.5 Å². The largest absolute Gasteiger partial charge is 0.508 e. The minimum Gasteiger partial charge on any atom is -0.508 e. The van der Waals surface area contributed by atoms with E-state index in [9.17, 15) is 10.2 Å². The van der Waals surface area contributed by atoms with Crippen molar-refractivity contribution in [3.63, 3.8) is 0 Å². The number of benzene rings is 2. The maximum Gasteiger partial charge on any atom is 0.138 e. The Morgan fingerprint density at radius 1 is 1.00 bits per heavy atom. The van der Waals surface area contributed by atoms with Crippen LogP contribution in [0.25, 0.3) is 0 Å². The maximum atomic E-state index is 9.46. The van der Waals surface area contributed by atoms with E-state index in [0.717, 1.165) is 11.1 Å². The van der Waals surface area contributed by atoms with Gasteiger partial charge in [0.05, 0.1) is 5.69 Å². The van der Waals surface area contributed by atoms with E-state index in [-0.39, 0.29) is 11.5 Å². The summed E-state index contributed by atoms with van der Waals surface area (Å²) in [4.78, 5) is 0. The highest BCUT2D eigenvalue weighted by Gasteiger charge is 2.04. The van der Waals surface area contributed by atoms with Crippen molar-refractivity contribution in [2.75, 3.05) is 5.73 Å². The van der Waals surface area contributed by atoms with Crippen LogP contribution in [-0.2, 0) is 6.42 Å². The standard InChI is InChI=1S/C13H13NO2/c14-13-10(4-2-6-12(13)16)7-9-3-1-5-11(15)8-9/h1-6,8,15-16H,7,14H2. The molecule has 0 aromatic heterocycles. The average Bonchev–Trinajstić information content (AvgIpc) is 2.25. The van der Waals surface area contributed by atoms with Crippen molar-refractivity contribution in [2.45, 2.75) is 6.42 Å². The summed E-state index contributed by atoms with van der Waals surface area (Å²) >= 11 is 0. The molecule has 2 rings (SSSR count). The van der Waals surface area contributed by atoms with E-state index in [1.807, 2.05) is 12.1 Å². The molecule has 0 radical (unpaired) electrons. The molecule has 4 N–H and O–H groups in total. The lowest BCUT2D eigenvalue weighted by atomic mass is 10.0. The second-order valence-corrected chi connectivity index (χ2v) is 3.70. The van der Waals surface area contributed by atoms with Gasteiger partial charge in [-0.05, 0) is 35.7 Å². The van der Waals surface area contributed by atoms with Gasteiger partial charge in [-0.2, -0.15) is 0 Å². The van der Waals surface area contributed by atoms with Crippen molar-refractivity contribution >= 4 is 5.69 Å². The van der Waals surface area contributed by atoms with Gasteiger partial charge >= 0.3 is 0 Å². The van der Waals surface area contributed by atoms with Crippen LogP contribution in [0.1, 0.15) is 11.1 Å². The van der Waals surface area contributed by atoms with Crippen LogP contribution in [0.5, 0.6) is 11.5 Å². The summed E-state index contributed by atoms with van der Waals surface area (Å²) in [7, 11) is 0. The number of hydrogen-bond acceptors (Lipinski definition) is 3. The van der Waals surface area contributed by atoms with Crippen LogP contribution in [0.3, 0.4) is 0 Å². The molecule has 0 saturated carbocycles. The predicted molar refractivity (Wildman–Crippen MR) is 63.4 cm³/mol. The van der Waals surface area contributed by atoms with E-state index in [0.29, 0.717) is 12.1 Å². The fraction of sp³-hybridized carbons (Fsp3) is 0.0769. The number of hydrogen-bond donors (Lipinski definition) is 3. The summed E-state index contributed by atoms with van der Waals surface area (Å²) in [6, 6.07) is 12.2. The van der Waals surface area contributed by atoms with Gasteiger partial charge in [0.15, 0.2) is 0 Å². The molecule has 0 aliphatic rings. The maximum absolute atomic E-state index is 9.46. The summed E-state index contributed by atoms with van der Waals surface area (Å²) in [6.07, 6.45) is 0.592. The fourth-order valence-electron chi connectivity index (χ4n) is 1.64. The molecule has 0 bridgehead atoms. The lowest BCUT2D eigenvalue weighted by Crippen LogP contribution is -1.95. The van der Waals surface area contributed by atoms with Gasteiger partial charge in [0.25, 0.3) is 0 Å². The van der Waals surface area contributed by atoms with Gasteiger partial charge in [0, 0.05) is 0 Å². The molecule has 0 unspecified atom stereocenters. The molecule has 0 heterocycles. The number of aromatic hydroxyl groups is 2. The minimum absolute atomic E-state index is 0.0950. The van der Waals surface area contributed by atoms with Crippen molar-refractivity contribution < 1.29 is 10.2 Å². The molecule has 0 amide bonds. The molecule has 0 aliphatic carbocycles. The summed E-state index contributed by atoms with van der Waals surface area (Å²) in [5.74, 6) is 0.328. The molecular weight excluding hydrogens is 202 g/mol. The lowest BCUT2D eigenvalue weighted by Gasteiger charge is -2.07. The van der Waals surface area contributed by atoms with E-state index in [1.54, 1.807) is 30.3 Å². The van der Waals surface area contributed by atoms with Gasteiger partial charge in [-0.3, -0.25) is 0 Å². The van der Waals surface area contributed by atoms with Gasteiger partial charge in [0.1, 0.15) is 11.5 Å². The highest BCUT2D eigenvalue weighted by molar-refractivity contribution is 5.58. The normalized spacial score (nSPS) is 10.2. The molecule has 0 saturated heterocycles. The molecule has 2 aromatic rings. The van der Waals surface area contributed by atoms with Crippen LogP contribution in [0.2, 0.25) is 0 Å². The minimum atomic E-state index is 0.0950. The van der Waals surface area contributed by atoms with Crippen LogP contribution in [0, 0.1) is 0 Å². The summed E-state index contributed by atoms with van der Waals surface area (Å²) in [5.41, 5.74) is 7.96. The first-order chi connectivity index (χ1) is 7.66. The first-order valence-electron chi connectivity index (χ1n) is 5.01. The average molecular weight is 215 g/mol. The Labute approximate surface area is 93.8 Å². The zero-order valence-corrected chi connectivity index (χ0v) is 8.72. The fourth-order valence-corrected chi connectivity index (χ4v) is 1.64. The number of rotatable bonds is 2. The van der Waals surface area contributed by atoms with Gasteiger partial charge in [-0.15, -0.1) is 0 Å². The molecular formula is C13H13NO2. The first kappa shape index (κ1) is 10.4. The van der Waals surface area contributed by atoms with E-state index in [4.69, 9.17) is 5.73 Å².